The first-order chi connectivity index (χ1) is 3.43. The van der Waals surface area contributed by atoms with Crippen LogP contribution in [0.2, 0.25) is 0 Å². The first-order valence-corrected chi connectivity index (χ1v) is 1.97. The predicted molar refractivity (Wildman–Crippen MR) is 27.3 cm³/mol. The van der Waals surface area contributed by atoms with Gasteiger partial charge in [0, 0.05) is 0 Å². The molecule has 0 aromatic carbocycles. The second kappa shape index (κ2) is 1.75. The number of nitrogens with zero attached hydrogens (tertiary/aromatic N) is 2. The minimum absolute atomic E-state index is 0.0625. The molecule has 0 unspecified atom stereocenters. The third kappa shape index (κ3) is 0.778. The minimum atomic E-state index is -0.0625. The average Bonchev–Trinajstić information content (AvgIpc) is 2.14. The number of hydrogen-bond acceptors (Lipinski definition) is 3. The number of aliphatic hydroxyl groups is 1. The monoisotopic (exact) mass is 97.0 g/mol. The van der Waals surface area contributed by atoms with Gasteiger partial charge >= 0.3 is 0 Å². The van der Waals surface area contributed by atoms with Crippen molar-refractivity contribution in [3.63, 3.8) is 0 Å². The summed E-state index contributed by atoms with van der Waals surface area (Å²) in [5.41, 5.74) is 0. The van der Waals surface area contributed by atoms with E-state index < -0.39 is 0 Å². The van der Waals surface area contributed by atoms with Crippen LogP contribution in [0.5, 0.6) is 0 Å². The van der Waals surface area contributed by atoms with E-state index in [2.05, 4.69) is 9.98 Å². The third-order valence-corrected chi connectivity index (χ3v) is 0.655. The fourth-order valence-electron chi connectivity index (χ4n) is 0.354. The molecule has 36 valence electrons. The van der Waals surface area contributed by atoms with Crippen LogP contribution in [-0.2, 0) is 0 Å². The highest BCUT2D eigenvalue weighted by Gasteiger charge is 2.11. The van der Waals surface area contributed by atoms with Crippen molar-refractivity contribution in [2.75, 3.05) is 6.61 Å². The van der Waals surface area contributed by atoms with E-state index in [0.29, 0.717) is 6.17 Å². The molecular weight excluding hydrogens is 92.1 g/mol. The number of hydrogen-bond donors (Lipinski definition) is 1. The number of rotatable bonds is 1. The fourth-order valence-corrected chi connectivity index (χ4v) is 0.354. The zero-order valence-corrected chi connectivity index (χ0v) is 3.70. The van der Waals surface area contributed by atoms with Crippen LogP contribution in [0, 0.1) is 6.17 Å². The zero-order valence-electron chi connectivity index (χ0n) is 3.70. The molecule has 1 N–H and O–H groups in total. The highest BCUT2D eigenvalue weighted by Crippen LogP contribution is 2.02. The molecule has 0 saturated heterocycles. The SMILES string of the molecule is OC[C+]1N=CC=N1. The summed E-state index contributed by atoms with van der Waals surface area (Å²) in [6, 6.07) is 0. The van der Waals surface area contributed by atoms with Gasteiger partial charge in [0.15, 0.2) is 12.4 Å². The second-order valence-corrected chi connectivity index (χ2v) is 1.13. The van der Waals surface area contributed by atoms with Gasteiger partial charge in [-0.25, -0.2) is 0 Å². The molecule has 7 heavy (non-hydrogen) atoms. The molecule has 1 rings (SSSR count). The van der Waals surface area contributed by atoms with Gasteiger partial charge in [0.2, 0.25) is 0 Å². The molecule has 3 nitrogen and oxygen atoms in total. The lowest BCUT2D eigenvalue weighted by molar-refractivity contribution is 0.307. The van der Waals surface area contributed by atoms with Crippen LogP contribution in [0.3, 0.4) is 0 Å². The van der Waals surface area contributed by atoms with Gasteiger partial charge in [-0.15, -0.1) is 0 Å². The maximum absolute atomic E-state index is 8.30. The van der Waals surface area contributed by atoms with E-state index >= 15 is 0 Å². The molecule has 0 aromatic rings. The summed E-state index contributed by atoms with van der Waals surface area (Å²) in [4.78, 5) is 7.35. The average molecular weight is 97.1 g/mol. The van der Waals surface area contributed by atoms with Crippen molar-refractivity contribution in [2.45, 2.75) is 0 Å². The van der Waals surface area contributed by atoms with Crippen molar-refractivity contribution in [3.8, 4) is 0 Å². The third-order valence-electron chi connectivity index (χ3n) is 0.655. The second-order valence-electron chi connectivity index (χ2n) is 1.13. The summed E-state index contributed by atoms with van der Waals surface area (Å²) >= 11 is 0. The molecule has 3 heteroatoms. The van der Waals surface area contributed by atoms with Gasteiger partial charge in [-0.3, -0.25) is 0 Å². The standard InChI is InChI=1S/C4H5N2O/c7-3-4-5-1-2-6-4/h1-2,7H,3H2/q+1. The Kier molecular flexibility index (Phi) is 1.08. The van der Waals surface area contributed by atoms with Crippen LogP contribution in [0.1, 0.15) is 0 Å². The van der Waals surface area contributed by atoms with Crippen molar-refractivity contribution in [3.05, 3.63) is 6.17 Å². The summed E-state index contributed by atoms with van der Waals surface area (Å²) in [6.45, 7) is -0.0625. The molecule has 0 aliphatic carbocycles. The molecule has 1 heterocycles. The summed E-state index contributed by atoms with van der Waals surface area (Å²) in [5.74, 6) is 0. The van der Waals surface area contributed by atoms with E-state index in [4.69, 9.17) is 5.11 Å². The first kappa shape index (κ1) is 4.33. The Morgan fingerprint density at radius 3 is 2.29 bits per heavy atom. The fraction of sp³-hybridized carbons (Fsp3) is 0.250. The minimum Gasteiger partial charge on any atom is -0.375 e. The summed E-state index contributed by atoms with van der Waals surface area (Å²) < 4.78 is 0. The Morgan fingerprint density at radius 1 is 1.43 bits per heavy atom. The van der Waals surface area contributed by atoms with Gasteiger partial charge in [0.05, 0.1) is 0 Å². The lowest BCUT2D eigenvalue weighted by Gasteiger charge is -1.81. The molecule has 0 spiro atoms. The van der Waals surface area contributed by atoms with E-state index in [1.807, 2.05) is 0 Å². The molecular formula is C4H5N2O+. The lowest BCUT2D eigenvalue weighted by atomic mass is 10.6. The Morgan fingerprint density at radius 2 is 2.00 bits per heavy atom. The Labute approximate surface area is 41.4 Å². The van der Waals surface area contributed by atoms with E-state index in [0.717, 1.165) is 0 Å². The molecule has 0 aromatic heterocycles. The molecule has 1 aliphatic heterocycles. The van der Waals surface area contributed by atoms with Gasteiger partial charge in [0.25, 0.3) is 6.17 Å². The summed E-state index contributed by atoms with van der Waals surface area (Å²) in [7, 11) is 0. The van der Waals surface area contributed by atoms with Crippen molar-refractivity contribution in [1.29, 1.82) is 0 Å². The smallest absolute Gasteiger partial charge is 0.266 e. The van der Waals surface area contributed by atoms with Crippen LogP contribution in [0.4, 0.5) is 0 Å². The predicted octanol–water partition coefficient (Wildman–Crippen LogP) is -0.377. The zero-order chi connectivity index (χ0) is 5.11. The van der Waals surface area contributed by atoms with Gasteiger partial charge < -0.3 is 5.11 Å². The van der Waals surface area contributed by atoms with Crippen molar-refractivity contribution in [1.82, 2.24) is 0 Å². The van der Waals surface area contributed by atoms with Crippen LogP contribution >= 0.6 is 0 Å². The first-order valence-electron chi connectivity index (χ1n) is 1.97. The largest absolute Gasteiger partial charge is 0.375 e. The maximum atomic E-state index is 8.30. The van der Waals surface area contributed by atoms with Gasteiger partial charge in [-0.2, -0.15) is 0 Å². The van der Waals surface area contributed by atoms with E-state index in [1.54, 1.807) is 12.4 Å². The summed E-state index contributed by atoms with van der Waals surface area (Å²) in [6.07, 6.45) is 3.58. The van der Waals surface area contributed by atoms with Gasteiger partial charge in [-0.05, 0) is 0 Å². The summed E-state index contributed by atoms with van der Waals surface area (Å²) in [5, 5.41) is 8.30. The highest BCUT2D eigenvalue weighted by molar-refractivity contribution is 6.18. The van der Waals surface area contributed by atoms with Crippen molar-refractivity contribution >= 4 is 12.4 Å². The Hall–Kier alpha value is -0.830. The normalized spacial score (nSPS) is 16.4. The molecule has 0 bridgehead atoms. The number of aliphatic imine (C=N–C) groups is 2. The van der Waals surface area contributed by atoms with Crippen LogP contribution in [-0.4, -0.2) is 24.1 Å². The maximum Gasteiger partial charge on any atom is 0.266 e. The van der Waals surface area contributed by atoms with Gasteiger partial charge in [0.1, 0.15) is 6.61 Å². The van der Waals surface area contributed by atoms with Gasteiger partial charge in [-0.1, -0.05) is 9.98 Å². The van der Waals surface area contributed by atoms with E-state index in [9.17, 15) is 0 Å². The van der Waals surface area contributed by atoms with Crippen LogP contribution in [0.15, 0.2) is 9.98 Å². The highest BCUT2D eigenvalue weighted by atomic mass is 16.3. The quantitative estimate of drug-likeness (QED) is 0.445. The molecule has 0 radical (unpaired) electrons. The van der Waals surface area contributed by atoms with Crippen molar-refractivity contribution < 1.29 is 5.11 Å². The van der Waals surface area contributed by atoms with Crippen molar-refractivity contribution in [2.24, 2.45) is 9.98 Å². The Balaban J connectivity index is 2.44. The van der Waals surface area contributed by atoms with E-state index in [1.165, 1.54) is 0 Å². The Bertz CT molecular complexity index is 96.3. The van der Waals surface area contributed by atoms with Crippen LogP contribution < -0.4 is 0 Å². The van der Waals surface area contributed by atoms with Crippen LogP contribution in [0.25, 0.3) is 0 Å². The lowest BCUT2D eigenvalue weighted by Crippen LogP contribution is -1.90. The van der Waals surface area contributed by atoms with E-state index in [-0.39, 0.29) is 6.61 Å². The number of aliphatic hydroxyl groups excluding tert-OH is 1. The molecule has 0 fully saturated rings. The topological polar surface area (TPSA) is 45.0 Å². The molecule has 0 saturated carbocycles. The molecule has 0 atom stereocenters. The molecule has 1 aliphatic rings. The molecule has 0 amide bonds.